The summed E-state index contributed by atoms with van der Waals surface area (Å²) in [6, 6.07) is 2.19. The van der Waals surface area contributed by atoms with Crippen LogP contribution in [-0.4, -0.2) is 35.1 Å². The summed E-state index contributed by atoms with van der Waals surface area (Å²) in [4.78, 5) is 25.0. The molecule has 0 saturated heterocycles. The third-order valence-electron chi connectivity index (χ3n) is 3.26. The molecule has 1 aliphatic rings. The second-order valence-corrected chi connectivity index (χ2v) is 5.95. The minimum atomic E-state index is -0.963. The Balaban J connectivity index is 1.85. The summed E-state index contributed by atoms with van der Waals surface area (Å²) < 4.78 is 0. The molecule has 0 unspecified atom stereocenters. The van der Waals surface area contributed by atoms with Crippen LogP contribution in [0.1, 0.15) is 29.7 Å². The van der Waals surface area contributed by atoms with E-state index in [-0.39, 0.29) is 6.03 Å². The fraction of sp³-hybridized carbons (Fsp3) is 0.429. The number of carbonyl (C=O) groups excluding carboxylic acids is 1. The van der Waals surface area contributed by atoms with Gasteiger partial charge >= 0.3 is 12.0 Å². The van der Waals surface area contributed by atoms with Gasteiger partial charge in [-0.15, -0.1) is 11.3 Å². The van der Waals surface area contributed by atoms with Crippen LogP contribution in [-0.2, 0) is 11.3 Å². The highest BCUT2D eigenvalue weighted by atomic mass is 32.1. The summed E-state index contributed by atoms with van der Waals surface area (Å²) >= 11 is 1.52. The Labute approximate surface area is 121 Å². The van der Waals surface area contributed by atoms with Gasteiger partial charge in [0, 0.05) is 24.0 Å². The van der Waals surface area contributed by atoms with E-state index < -0.39 is 5.97 Å². The Bertz CT molecular complexity index is 520. The minimum absolute atomic E-state index is 0.0503. The molecule has 0 spiro atoms. The minimum Gasteiger partial charge on any atom is -0.478 e. The molecule has 0 atom stereocenters. The highest BCUT2D eigenvalue weighted by Gasteiger charge is 2.21. The Morgan fingerprint density at radius 1 is 1.55 bits per heavy atom. The van der Waals surface area contributed by atoms with Gasteiger partial charge < -0.3 is 15.3 Å². The number of aliphatic carboxylic acids is 1. The van der Waals surface area contributed by atoms with E-state index >= 15 is 0 Å². The first-order valence-electron chi connectivity index (χ1n) is 6.54. The fourth-order valence-electron chi connectivity index (χ4n) is 1.88. The SMILES string of the molecule is CN(Cc1cc(/C=C/C(=O)O)cs1)C(=O)NC1CCC1. The number of hydrogen-bond donors (Lipinski definition) is 2. The van der Waals surface area contributed by atoms with E-state index in [2.05, 4.69) is 5.32 Å². The van der Waals surface area contributed by atoms with Crippen LogP contribution >= 0.6 is 11.3 Å². The van der Waals surface area contributed by atoms with Gasteiger partial charge in [-0.1, -0.05) is 0 Å². The molecule has 0 aromatic carbocycles. The number of urea groups is 1. The molecule has 1 aromatic rings. The summed E-state index contributed by atoms with van der Waals surface area (Å²) in [6.07, 6.45) is 6.00. The van der Waals surface area contributed by atoms with Crippen molar-refractivity contribution in [3.8, 4) is 0 Å². The van der Waals surface area contributed by atoms with Crippen molar-refractivity contribution < 1.29 is 14.7 Å². The van der Waals surface area contributed by atoms with Gasteiger partial charge in [-0.25, -0.2) is 9.59 Å². The van der Waals surface area contributed by atoms with Gasteiger partial charge in [0.05, 0.1) is 6.54 Å². The van der Waals surface area contributed by atoms with Crippen LogP contribution in [0, 0.1) is 0 Å². The smallest absolute Gasteiger partial charge is 0.328 e. The van der Waals surface area contributed by atoms with Crippen LogP contribution in [0.25, 0.3) is 6.08 Å². The van der Waals surface area contributed by atoms with Gasteiger partial charge in [0.2, 0.25) is 0 Å². The van der Waals surface area contributed by atoms with Crippen molar-refractivity contribution in [3.05, 3.63) is 28.0 Å². The monoisotopic (exact) mass is 294 g/mol. The molecule has 0 aliphatic heterocycles. The molecule has 0 bridgehead atoms. The van der Waals surface area contributed by atoms with Crippen LogP contribution in [0.2, 0.25) is 0 Å². The van der Waals surface area contributed by atoms with E-state index in [9.17, 15) is 9.59 Å². The molecular weight excluding hydrogens is 276 g/mol. The van der Waals surface area contributed by atoms with Crippen molar-refractivity contribution in [2.75, 3.05) is 7.05 Å². The number of nitrogens with one attached hydrogen (secondary N) is 1. The second-order valence-electron chi connectivity index (χ2n) is 4.95. The van der Waals surface area contributed by atoms with Crippen LogP contribution < -0.4 is 5.32 Å². The average Bonchev–Trinajstić information content (AvgIpc) is 2.78. The van der Waals surface area contributed by atoms with Crippen LogP contribution in [0.15, 0.2) is 17.5 Å². The zero-order valence-corrected chi connectivity index (χ0v) is 12.2. The Morgan fingerprint density at radius 2 is 2.30 bits per heavy atom. The lowest BCUT2D eigenvalue weighted by Crippen LogP contribution is -2.45. The number of amides is 2. The first-order valence-corrected chi connectivity index (χ1v) is 7.42. The summed E-state index contributed by atoms with van der Waals surface area (Å²) in [5.41, 5.74) is 0.847. The van der Waals surface area contributed by atoms with Crippen molar-refractivity contribution in [1.82, 2.24) is 10.2 Å². The van der Waals surface area contributed by atoms with Crippen molar-refractivity contribution in [2.45, 2.75) is 31.8 Å². The molecule has 108 valence electrons. The number of carboxylic acids is 1. The lowest BCUT2D eigenvalue weighted by molar-refractivity contribution is -0.131. The molecule has 20 heavy (non-hydrogen) atoms. The van der Waals surface area contributed by atoms with E-state index in [1.54, 1.807) is 18.0 Å². The lowest BCUT2D eigenvalue weighted by atomic mass is 9.93. The van der Waals surface area contributed by atoms with Gasteiger partial charge in [-0.05, 0) is 42.3 Å². The number of rotatable bonds is 5. The van der Waals surface area contributed by atoms with Gasteiger partial charge in [0.1, 0.15) is 0 Å². The Morgan fingerprint density at radius 3 is 2.90 bits per heavy atom. The predicted octanol–water partition coefficient (Wildman–Crippen LogP) is 2.54. The Hall–Kier alpha value is -1.82. The maximum absolute atomic E-state index is 11.9. The molecule has 1 aliphatic carbocycles. The van der Waals surface area contributed by atoms with E-state index in [1.165, 1.54) is 17.8 Å². The van der Waals surface area contributed by atoms with E-state index in [4.69, 9.17) is 5.11 Å². The molecule has 2 amide bonds. The molecule has 1 heterocycles. The number of thiophene rings is 1. The van der Waals surface area contributed by atoms with Gasteiger partial charge in [0.25, 0.3) is 0 Å². The molecule has 6 heteroatoms. The quantitative estimate of drug-likeness (QED) is 0.820. The van der Waals surface area contributed by atoms with E-state index in [0.29, 0.717) is 12.6 Å². The molecule has 5 nitrogen and oxygen atoms in total. The number of carbonyl (C=O) groups is 2. The lowest BCUT2D eigenvalue weighted by Gasteiger charge is -2.28. The topological polar surface area (TPSA) is 69.6 Å². The van der Waals surface area contributed by atoms with Crippen LogP contribution in [0.3, 0.4) is 0 Å². The highest BCUT2D eigenvalue weighted by molar-refractivity contribution is 7.10. The number of hydrogen-bond acceptors (Lipinski definition) is 3. The summed E-state index contributed by atoms with van der Waals surface area (Å²) in [5, 5.41) is 13.4. The van der Waals surface area contributed by atoms with E-state index in [1.807, 2.05) is 11.4 Å². The third kappa shape index (κ3) is 4.09. The van der Waals surface area contributed by atoms with Gasteiger partial charge in [0.15, 0.2) is 0 Å². The maximum atomic E-state index is 11.9. The zero-order valence-electron chi connectivity index (χ0n) is 11.3. The van der Waals surface area contributed by atoms with Crippen molar-refractivity contribution in [1.29, 1.82) is 0 Å². The highest BCUT2D eigenvalue weighted by Crippen LogP contribution is 2.20. The van der Waals surface area contributed by atoms with Gasteiger partial charge in [-0.2, -0.15) is 0 Å². The number of carboxylic acid groups (broad SMARTS) is 1. The van der Waals surface area contributed by atoms with Crippen LogP contribution in [0.4, 0.5) is 4.79 Å². The molecule has 2 rings (SSSR count). The summed E-state index contributed by atoms with van der Waals surface area (Å²) in [7, 11) is 1.76. The standard InChI is InChI=1S/C14H18N2O3S/c1-16(14(19)15-11-3-2-4-11)8-12-7-10(9-20-12)5-6-13(17)18/h5-7,9,11H,2-4,8H2,1H3,(H,15,19)(H,17,18)/b6-5+. The second kappa shape index (κ2) is 6.56. The first-order chi connectivity index (χ1) is 9.54. The molecule has 1 aromatic heterocycles. The van der Waals surface area contributed by atoms with Gasteiger partial charge in [-0.3, -0.25) is 0 Å². The zero-order chi connectivity index (χ0) is 14.5. The van der Waals surface area contributed by atoms with Crippen molar-refractivity contribution in [2.24, 2.45) is 0 Å². The summed E-state index contributed by atoms with van der Waals surface area (Å²) in [6.45, 7) is 0.532. The third-order valence-corrected chi connectivity index (χ3v) is 4.20. The maximum Gasteiger partial charge on any atom is 0.328 e. The average molecular weight is 294 g/mol. The first kappa shape index (κ1) is 14.6. The fourth-order valence-corrected chi connectivity index (χ4v) is 2.78. The van der Waals surface area contributed by atoms with E-state index in [0.717, 1.165) is 29.4 Å². The predicted molar refractivity (Wildman–Crippen MR) is 78.6 cm³/mol. The largest absolute Gasteiger partial charge is 0.478 e. The normalized spacial score (nSPS) is 15.1. The molecule has 0 radical (unpaired) electrons. The van der Waals surface area contributed by atoms with Crippen molar-refractivity contribution >= 4 is 29.4 Å². The Kier molecular flexibility index (Phi) is 4.79. The summed E-state index contributed by atoms with van der Waals surface area (Å²) in [5.74, 6) is -0.963. The molecule has 2 N–H and O–H groups in total. The van der Waals surface area contributed by atoms with Crippen molar-refractivity contribution in [3.63, 3.8) is 0 Å². The number of nitrogens with zero attached hydrogens (tertiary/aromatic N) is 1. The molecule has 1 fully saturated rings. The molecule has 1 saturated carbocycles. The van der Waals surface area contributed by atoms with Crippen LogP contribution in [0.5, 0.6) is 0 Å². The molecular formula is C14H18N2O3S.